The van der Waals surface area contributed by atoms with Crippen LogP contribution in [-0.2, 0) is 14.8 Å². The molecule has 2 aromatic carbocycles. The lowest BCUT2D eigenvalue weighted by molar-refractivity contribution is -0.119. The van der Waals surface area contributed by atoms with E-state index < -0.39 is 15.9 Å². The number of carbonyl (C=O) groups is 1. The second-order valence-electron chi connectivity index (χ2n) is 8.78. The van der Waals surface area contributed by atoms with E-state index >= 15 is 0 Å². The number of nitrogens with zero attached hydrogens (tertiary/aromatic N) is 3. The minimum Gasteiger partial charge on any atom is -0.318 e. The second kappa shape index (κ2) is 9.85. The molecule has 0 bridgehead atoms. The van der Waals surface area contributed by atoms with E-state index in [1.807, 2.05) is 45.9 Å². The van der Waals surface area contributed by atoms with Gasteiger partial charge in [-0.05, 0) is 82.5 Å². The fourth-order valence-corrected chi connectivity index (χ4v) is 4.90. The fourth-order valence-electron chi connectivity index (χ4n) is 3.99. The molecule has 7 nitrogen and oxygen atoms in total. The van der Waals surface area contributed by atoms with Gasteiger partial charge in [-0.3, -0.25) is 9.10 Å². The minimum absolute atomic E-state index is 0.359. The van der Waals surface area contributed by atoms with Crippen LogP contribution in [0.25, 0.3) is 5.69 Å². The summed E-state index contributed by atoms with van der Waals surface area (Å²) in [7, 11) is -3.65. The normalized spacial score (nSPS) is 11.7. The van der Waals surface area contributed by atoms with Crippen LogP contribution in [0, 0.1) is 41.5 Å². The Hall–Kier alpha value is -3.39. The van der Waals surface area contributed by atoms with Gasteiger partial charge in [-0.1, -0.05) is 23.8 Å². The first-order chi connectivity index (χ1) is 15.9. The summed E-state index contributed by atoms with van der Waals surface area (Å²) in [5.74, 6) is -0.524. The predicted molar refractivity (Wildman–Crippen MR) is 139 cm³/mol. The topological polar surface area (TPSA) is 83.8 Å². The van der Waals surface area contributed by atoms with Crippen LogP contribution in [-0.4, -0.2) is 37.9 Å². The molecule has 1 heterocycles. The molecular formula is C26H32N4O3S. The van der Waals surface area contributed by atoms with Crippen LogP contribution < -0.4 is 9.73 Å². The lowest BCUT2D eigenvalue weighted by atomic mass is 10.1. The molecule has 0 radical (unpaired) electrons. The molecule has 34 heavy (non-hydrogen) atoms. The molecule has 1 aromatic heterocycles. The molecule has 0 aliphatic carbocycles. The van der Waals surface area contributed by atoms with Crippen LogP contribution in [0.5, 0.6) is 0 Å². The summed E-state index contributed by atoms with van der Waals surface area (Å²) < 4.78 is 28.0. The molecule has 0 unspecified atom stereocenters. The van der Waals surface area contributed by atoms with Crippen LogP contribution in [0.3, 0.4) is 0 Å². The number of sulfonamides is 1. The van der Waals surface area contributed by atoms with Gasteiger partial charge in [-0.2, -0.15) is 5.10 Å². The monoisotopic (exact) mass is 480 g/mol. The van der Waals surface area contributed by atoms with Crippen molar-refractivity contribution >= 4 is 27.8 Å². The summed E-state index contributed by atoms with van der Waals surface area (Å²) in [6.07, 6.45) is 2.67. The number of nitrogens with one attached hydrogen (secondary N) is 1. The summed E-state index contributed by atoms with van der Waals surface area (Å²) in [5, 5.41) is 4.09. The molecule has 1 amide bonds. The van der Waals surface area contributed by atoms with Crippen molar-refractivity contribution in [3.05, 3.63) is 81.7 Å². The molecule has 1 N–H and O–H groups in total. The van der Waals surface area contributed by atoms with Crippen molar-refractivity contribution in [1.82, 2.24) is 9.99 Å². The third-order valence-corrected chi connectivity index (χ3v) is 7.05. The largest absolute Gasteiger partial charge is 0.318 e. The molecule has 3 aromatic rings. The number of hydrazone groups is 1. The summed E-state index contributed by atoms with van der Waals surface area (Å²) in [6, 6.07) is 13.7. The summed E-state index contributed by atoms with van der Waals surface area (Å²) >= 11 is 0. The highest BCUT2D eigenvalue weighted by molar-refractivity contribution is 7.92. The molecule has 0 atom stereocenters. The SMILES string of the molecule is Cc1ccc(N(CC(=O)N/N=C\c2cc(C)n(-c3ccc(C)c(C)c3)c2C)S(C)(=O)=O)c(C)c1. The molecule has 180 valence electrons. The zero-order valence-electron chi connectivity index (χ0n) is 20.8. The Morgan fingerprint density at radius 3 is 2.29 bits per heavy atom. The van der Waals surface area contributed by atoms with Crippen molar-refractivity contribution in [2.75, 3.05) is 17.1 Å². The van der Waals surface area contributed by atoms with Gasteiger partial charge in [0, 0.05) is 22.6 Å². The van der Waals surface area contributed by atoms with E-state index in [1.165, 1.54) is 11.1 Å². The molecule has 3 rings (SSSR count). The third-order valence-electron chi connectivity index (χ3n) is 5.92. The Kier molecular flexibility index (Phi) is 7.31. The number of hydrogen-bond acceptors (Lipinski definition) is 4. The highest BCUT2D eigenvalue weighted by Gasteiger charge is 2.22. The number of benzene rings is 2. The zero-order chi connectivity index (χ0) is 25.2. The van der Waals surface area contributed by atoms with E-state index in [4.69, 9.17) is 0 Å². The van der Waals surface area contributed by atoms with E-state index in [0.29, 0.717) is 5.69 Å². The smallest absolute Gasteiger partial charge is 0.260 e. The van der Waals surface area contributed by atoms with Crippen LogP contribution >= 0.6 is 0 Å². The molecule has 0 aliphatic heterocycles. The number of rotatable bonds is 7. The van der Waals surface area contributed by atoms with Crippen molar-refractivity contribution in [3.63, 3.8) is 0 Å². The van der Waals surface area contributed by atoms with Crippen LogP contribution in [0.4, 0.5) is 5.69 Å². The number of aromatic nitrogens is 1. The maximum absolute atomic E-state index is 12.6. The van der Waals surface area contributed by atoms with Crippen molar-refractivity contribution in [1.29, 1.82) is 0 Å². The number of aryl methyl sites for hydroxylation is 5. The van der Waals surface area contributed by atoms with E-state index in [9.17, 15) is 13.2 Å². The Labute approximate surface area is 202 Å². The first kappa shape index (κ1) is 25.2. The maximum atomic E-state index is 12.6. The van der Waals surface area contributed by atoms with Gasteiger partial charge >= 0.3 is 0 Å². The van der Waals surface area contributed by atoms with Crippen LogP contribution in [0.15, 0.2) is 47.6 Å². The average Bonchev–Trinajstić information content (AvgIpc) is 3.01. The van der Waals surface area contributed by atoms with Gasteiger partial charge in [0.25, 0.3) is 5.91 Å². The lowest BCUT2D eigenvalue weighted by Gasteiger charge is -2.23. The molecule has 0 spiro atoms. The summed E-state index contributed by atoms with van der Waals surface area (Å²) in [4.78, 5) is 12.6. The molecule has 8 heteroatoms. The number of anilines is 1. The van der Waals surface area contributed by atoms with Gasteiger partial charge in [-0.25, -0.2) is 13.8 Å². The second-order valence-corrected chi connectivity index (χ2v) is 10.7. The standard InChI is InChI=1S/C26H32N4O3S/c1-17-8-11-25(20(4)12-17)29(34(7,32)33)16-26(31)28-27-15-23-14-21(5)30(22(23)6)24-10-9-18(2)19(3)13-24/h8-15H,16H2,1-7H3,(H,28,31)/b27-15-. The summed E-state index contributed by atoms with van der Waals surface area (Å²) in [5.41, 5.74) is 11.2. The zero-order valence-corrected chi connectivity index (χ0v) is 21.6. The third kappa shape index (κ3) is 5.56. The quantitative estimate of drug-likeness (QED) is 0.405. The fraction of sp³-hybridized carbons (Fsp3) is 0.308. The molecule has 0 saturated heterocycles. The number of amides is 1. The highest BCUT2D eigenvalue weighted by atomic mass is 32.2. The van der Waals surface area contributed by atoms with E-state index in [1.54, 1.807) is 12.3 Å². The first-order valence-corrected chi connectivity index (χ1v) is 12.9. The Bertz CT molecular complexity index is 1370. The van der Waals surface area contributed by atoms with Gasteiger partial charge < -0.3 is 4.57 Å². The van der Waals surface area contributed by atoms with Gasteiger partial charge in [0.2, 0.25) is 10.0 Å². The van der Waals surface area contributed by atoms with Crippen molar-refractivity contribution in [3.8, 4) is 5.69 Å². The first-order valence-electron chi connectivity index (χ1n) is 11.0. The van der Waals surface area contributed by atoms with Crippen molar-refractivity contribution in [2.24, 2.45) is 5.10 Å². The minimum atomic E-state index is -3.65. The maximum Gasteiger partial charge on any atom is 0.260 e. The van der Waals surface area contributed by atoms with Crippen molar-refractivity contribution < 1.29 is 13.2 Å². The van der Waals surface area contributed by atoms with Gasteiger partial charge in [0.05, 0.1) is 18.2 Å². The predicted octanol–water partition coefficient (Wildman–Crippen LogP) is 4.24. The van der Waals surface area contributed by atoms with Crippen molar-refractivity contribution in [2.45, 2.75) is 41.5 Å². The molecule has 0 fully saturated rings. The Morgan fingerprint density at radius 1 is 0.971 bits per heavy atom. The molecule has 0 saturated carbocycles. The van der Waals surface area contributed by atoms with Crippen LogP contribution in [0.1, 0.15) is 39.2 Å². The average molecular weight is 481 g/mol. The van der Waals surface area contributed by atoms with Crippen LogP contribution in [0.2, 0.25) is 0 Å². The van der Waals surface area contributed by atoms with E-state index in [0.717, 1.165) is 44.3 Å². The highest BCUT2D eigenvalue weighted by Crippen LogP contribution is 2.24. The number of carbonyl (C=O) groups excluding carboxylic acids is 1. The van der Waals surface area contributed by atoms with Gasteiger partial charge in [0.1, 0.15) is 6.54 Å². The van der Waals surface area contributed by atoms with E-state index in [-0.39, 0.29) is 6.54 Å². The Balaban J connectivity index is 1.77. The van der Waals surface area contributed by atoms with Gasteiger partial charge in [-0.15, -0.1) is 0 Å². The Morgan fingerprint density at radius 2 is 1.68 bits per heavy atom. The lowest BCUT2D eigenvalue weighted by Crippen LogP contribution is -2.39. The number of hydrogen-bond donors (Lipinski definition) is 1. The van der Waals surface area contributed by atoms with Gasteiger partial charge in [0.15, 0.2) is 0 Å². The summed E-state index contributed by atoms with van der Waals surface area (Å²) in [6.45, 7) is 11.6. The molecular weight excluding hydrogens is 448 g/mol. The van der Waals surface area contributed by atoms with E-state index in [2.05, 4.69) is 47.1 Å². The molecule has 0 aliphatic rings.